The molecule has 1 aliphatic heterocycles. The highest BCUT2D eigenvalue weighted by Crippen LogP contribution is 2.32. The lowest BCUT2D eigenvalue weighted by Crippen LogP contribution is -2.50. The Balaban J connectivity index is 1.71. The van der Waals surface area contributed by atoms with Crippen LogP contribution in [0.25, 0.3) is 0 Å². The normalized spacial score (nSPS) is 15.7. The van der Waals surface area contributed by atoms with Gasteiger partial charge >= 0.3 is 0 Å². The van der Waals surface area contributed by atoms with Crippen LogP contribution in [-0.2, 0) is 21.2 Å². The summed E-state index contributed by atoms with van der Waals surface area (Å²) < 4.78 is 28.4. The average Bonchev–Trinajstić information content (AvgIpc) is 3.22. The fourth-order valence-electron chi connectivity index (χ4n) is 4.00. The van der Waals surface area contributed by atoms with Crippen LogP contribution in [0.4, 0.5) is 0 Å². The summed E-state index contributed by atoms with van der Waals surface area (Å²) in [6, 6.07) is 4.03. The van der Waals surface area contributed by atoms with Gasteiger partial charge in [0.05, 0.1) is 4.90 Å². The topological polar surface area (TPSA) is 57.7 Å². The highest BCUT2D eigenvalue weighted by atomic mass is 32.2. The van der Waals surface area contributed by atoms with E-state index in [1.54, 1.807) is 20.5 Å². The van der Waals surface area contributed by atoms with E-state index in [-0.39, 0.29) is 5.91 Å². The average molecular weight is 435 g/mol. The third-order valence-corrected chi connectivity index (χ3v) is 9.40. The molecule has 2 aromatic rings. The summed E-state index contributed by atoms with van der Waals surface area (Å²) in [4.78, 5) is 16.0. The van der Waals surface area contributed by atoms with Gasteiger partial charge in [0.25, 0.3) is 0 Å². The molecule has 1 aromatic heterocycles. The second kappa shape index (κ2) is 8.58. The van der Waals surface area contributed by atoms with E-state index >= 15 is 0 Å². The monoisotopic (exact) mass is 434 g/mol. The Morgan fingerprint density at radius 3 is 2.00 bits per heavy atom. The van der Waals surface area contributed by atoms with Crippen LogP contribution in [0.1, 0.15) is 39.1 Å². The minimum Gasteiger partial charge on any atom is -0.340 e. The zero-order valence-electron chi connectivity index (χ0n) is 17.9. The maximum absolute atomic E-state index is 13.4. The Kier molecular flexibility index (Phi) is 6.51. The third kappa shape index (κ3) is 4.27. The van der Waals surface area contributed by atoms with Crippen molar-refractivity contribution in [1.82, 2.24) is 9.21 Å². The van der Waals surface area contributed by atoms with Crippen molar-refractivity contribution in [2.75, 3.05) is 26.2 Å². The smallest absolute Gasteiger partial charge is 0.243 e. The molecule has 1 saturated heterocycles. The predicted octanol–water partition coefficient (Wildman–Crippen LogP) is 3.76. The molecule has 7 heteroatoms. The van der Waals surface area contributed by atoms with E-state index in [4.69, 9.17) is 0 Å². The van der Waals surface area contributed by atoms with Crippen molar-refractivity contribution in [3.05, 3.63) is 50.2 Å². The van der Waals surface area contributed by atoms with Crippen LogP contribution in [0.3, 0.4) is 0 Å². The van der Waals surface area contributed by atoms with Gasteiger partial charge in [-0.15, -0.1) is 11.3 Å². The van der Waals surface area contributed by atoms with E-state index < -0.39 is 10.0 Å². The minimum atomic E-state index is -3.58. The molecule has 5 nitrogen and oxygen atoms in total. The lowest BCUT2D eigenvalue weighted by Gasteiger charge is -2.35. The molecule has 0 spiro atoms. The Bertz CT molecular complexity index is 974. The Morgan fingerprint density at radius 1 is 0.931 bits per heavy atom. The zero-order valence-corrected chi connectivity index (χ0v) is 19.5. The van der Waals surface area contributed by atoms with E-state index in [1.807, 2.05) is 52.1 Å². The standard InChI is InChI=1S/C22H30N2O3S2/c1-15-16(2)18(4)22(19(5)17(15)3)29(26,27)24-12-10-23(11-13-24)21(25)9-8-20-7-6-14-28-20/h6-7,14H,8-13H2,1-5H3. The number of benzene rings is 1. The van der Waals surface area contributed by atoms with E-state index in [0.717, 1.165) is 34.2 Å². The van der Waals surface area contributed by atoms with E-state index in [9.17, 15) is 13.2 Å². The summed E-state index contributed by atoms with van der Waals surface area (Å²) in [6.07, 6.45) is 1.22. The molecular formula is C22H30N2O3S2. The molecule has 0 radical (unpaired) electrons. The quantitative estimate of drug-likeness (QED) is 0.720. The number of amides is 1. The second-order valence-corrected chi connectivity index (χ2v) is 10.7. The van der Waals surface area contributed by atoms with Gasteiger partial charge in [0.1, 0.15) is 0 Å². The van der Waals surface area contributed by atoms with Crippen LogP contribution in [0.2, 0.25) is 0 Å². The van der Waals surface area contributed by atoms with Crippen LogP contribution in [0.15, 0.2) is 22.4 Å². The van der Waals surface area contributed by atoms with Crippen molar-refractivity contribution < 1.29 is 13.2 Å². The van der Waals surface area contributed by atoms with E-state index in [2.05, 4.69) is 0 Å². The molecular weight excluding hydrogens is 404 g/mol. The first-order chi connectivity index (χ1) is 13.6. The third-order valence-electron chi connectivity index (χ3n) is 6.29. The van der Waals surface area contributed by atoms with Crippen molar-refractivity contribution in [3.63, 3.8) is 0 Å². The maximum Gasteiger partial charge on any atom is 0.243 e. The van der Waals surface area contributed by atoms with Crippen molar-refractivity contribution in [2.45, 2.75) is 52.4 Å². The molecule has 1 fully saturated rings. The molecule has 0 N–H and O–H groups in total. The predicted molar refractivity (Wildman–Crippen MR) is 118 cm³/mol. The van der Waals surface area contributed by atoms with Crippen molar-refractivity contribution in [1.29, 1.82) is 0 Å². The van der Waals surface area contributed by atoms with Gasteiger partial charge in [-0.2, -0.15) is 4.31 Å². The lowest BCUT2D eigenvalue weighted by molar-refractivity contribution is -0.132. The number of sulfonamides is 1. The SMILES string of the molecule is Cc1c(C)c(C)c(S(=O)(=O)N2CCN(C(=O)CCc3cccs3)CC2)c(C)c1C. The van der Waals surface area contributed by atoms with E-state index in [0.29, 0.717) is 37.5 Å². The van der Waals surface area contributed by atoms with Gasteiger partial charge in [-0.1, -0.05) is 6.07 Å². The second-order valence-electron chi connectivity index (χ2n) is 7.82. The first kappa shape index (κ1) is 22.0. The summed E-state index contributed by atoms with van der Waals surface area (Å²) in [7, 11) is -3.58. The first-order valence-electron chi connectivity index (χ1n) is 10.0. The molecule has 0 unspecified atom stereocenters. The Labute approximate surface area is 178 Å². The van der Waals surface area contributed by atoms with Crippen LogP contribution >= 0.6 is 11.3 Å². The minimum absolute atomic E-state index is 0.102. The highest BCUT2D eigenvalue weighted by molar-refractivity contribution is 7.89. The van der Waals surface area contributed by atoms with Crippen LogP contribution in [0, 0.1) is 34.6 Å². The number of rotatable bonds is 5. The van der Waals surface area contributed by atoms with Crippen LogP contribution in [-0.4, -0.2) is 49.7 Å². The molecule has 0 aliphatic carbocycles. The summed E-state index contributed by atoms with van der Waals surface area (Å²) >= 11 is 1.66. The molecule has 0 bridgehead atoms. The fraction of sp³-hybridized carbons (Fsp3) is 0.500. The molecule has 3 rings (SSSR count). The van der Waals surface area contributed by atoms with Crippen molar-refractivity contribution in [3.8, 4) is 0 Å². The molecule has 1 amide bonds. The molecule has 0 saturated carbocycles. The van der Waals surface area contributed by atoms with Crippen LogP contribution < -0.4 is 0 Å². The molecule has 1 aliphatic rings. The van der Waals surface area contributed by atoms with E-state index in [1.165, 1.54) is 4.88 Å². The highest BCUT2D eigenvalue weighted by Gasteiger charge is 2.33. The van der Waals surface area contributed by atoms with Crippen molar-refractivity contribution >= 4 is 27.3 Å². The Hall–Kier alpha value is -1.70. The number of nitrogens with zero attached hydrogens (tertiary/aromatic N) is 2. The summed E-state index contributed by atoms with van der Waals surface area (Å²) in [5.74, 6) is 0.102. The number of piperazine rings is 1. The van der Waals surface area contributed by atoms with Crippen molar-refractivity contribution in [2.24, 2.45) is 0 Å². The summed E-state index contributed by atoms with van der Waals surface area (Å²) in [6.45, 7) is 11.4. The van der Waals surface area contributed by atoms with Crippen LogP contribution in [0.5, 0.6) is 0 Å². The lowest BCUT2D eigenvalue weighted by atomic mass is 9.95. The summed E-state index contributed by atoms with van der Waals surface area (Å²) in [5, 5.41) is 2.02. The van der Waals surface area contributed by atoms with Gasteiger partial charge in [-0.05, 0) is 80.3 Å². The van der Waals surface area contributed by atoms with Gasteiger partial charge in [0, 0.05) is 37.5 Å². The number of hydrogen-bond acceptors (Lipinski definition) is 4. The molecule has 29 heavy (non-hydrogen) atoms. The number of aryl methyl sites for hydroxylation is 1. The first-order valence-corrected chi connectivity index (χ1v) is 12.3. The van der Waals surface area contributed by atoms with Gasteiger partial charge in [-0.25, -0.2) is 8.42 Å². The fourth-order valence-corrected chi connectivity index (χ4v) is 6.69. The van der Waals surface area contributed by atoms with Gasteiger partial charge in [0.15, 0.2) is 0 Å². The van der Waals surface area contributed by atoms with Gasteiger partial charge in [0.2, 0.25) is 15.9 Å². The molecule has 2 heterocycles. The van der Waals surface area contributed by atoms with Gasteiger partial charge < -0.3 is 4.90 Å². The number of hydrogen-bond donors (Lipinski definition) is 0. The van der Waals surface area contributed by atoms with Gasteiger partial charge in [-0.3, -0.25) is 4.79 Å². The summed E-state index contributed by atoms with van der Waals surface area (Å²) in [5.41, 5.74) is 4.89. The Morgan fingerprint density at radius 2 is 1.48 bits per heavy atom. The molecule has 158 valence electrons. The molecule has 1 aromatic carbocycles. The number of thiophene rings is 1. The largest absolute Gasteiger partial charge is 0.340 e. The number of carbonyl (C=O) groups excluding carboxylic acids is 1. The number of carbonyl (C=O) groups is 1. The maximum atomic E-state index is 13.4. The molecule has 0 atom stereocenters. The zero-order chi connectivity index (χ0) is 21.3.